The zero-order chi connectivity index (χ0) is 15.4. The molecule has 0 bridgehead atoms. The van der Waals surface area contributed by atoms with Gasteiger partial charge in [-0.2, -0.15) is 0 Å². The summed E-state index contributed by atoms with van der Waals surface area (Å²) in [6.07, 6.45) is 0. The Bertz CT molecular complexity index is 654. The largest absolute Gasteiger partial charge is 0.495 e. The maximum atomic E-state index is 12.3. The van der Waals surface area contributed by atoms with E-state index in [4.69, 9.17) is 10.5 Å². The highest BCUT2D eigenvalue weighted by Crippen LogP contribution is 2.27. The van der Waals surface area contributed by atoms with Crippen LogP contribution in [-0.2, 0) is 0 Å². The minimum atomic E-state index is -0.206. The van der Waals surface area contributed by atoms with Crippen molar-refractivity contribution < 1.29 is 9.53 Å². The zero-order valence-electron chi connectivity index (χ0n) is 12.4. The van der Waals surface area contributed by atoms with Gasteiger partial charge in [-0.3, -0.25) is 4.79 Å². The fourth-order valence-corrected chi connectivity index (χ4v) is 1.94. The molecule has 0 saturated carbocycles. The first-order chi connectivity index (χ1) is 10.0. The fraction of sp³-hybridized carbons (Fsp3) is 0.188. The predicted molar refractivity (Wildman–Crippen MR) is 86.1 cm³/mol. The first kappa shape index (κ1) is 14.7. The standard InChI is InChI=1S/C16H19N3O2/c1-19(2)13-6-4-5-11(9-13)16(20)18-14-10-12(17)7-8-15(14)21-3/h4-10H,17H2,1-3H3,(H,18,20). The van der Waals surface area contributed by atoms with E-state index in [-0.39, 0.29) is 5.91 Å². The molecule has 2 aromatic rings. The molecule has 0 aliphatic heterocycles. The Labute approximate surface area is 124 Å². The van der Waals surface area contributed by atoms with Crippen LogP contribution in [0.15, 0.2) is 42.5 Å². The van der Waals surface area contributed by atoms with Crippen molar-refractivity contribution in [2.45, 2.75) is 0 Å². The second-order valence-corrected chi connectivity index (χ2v) is 4.86. The summed E-state index contributed by atoms with van der Waals surface area (Å²) in [5, 5.41) is 2.82. The summed E-state index contributed by atoms with van der Waals surface area (Å²) in [5.74, 6) is 0.365. The lowest BCUT2D eigenvalue weighted by molar-refractivity contribution is 0.102. The number of carbonyl (C=O) groups excluding carboxylic acids is 1. The van der Waals surface area contributed by atoms with Crippen LogP contribution in [-0.4, -0.2) is 27.1 Å². The number of nitrogens with zero attached hydrogens (tertiary/aromatic N) is 1. The summed E-state index contributed by atoms with van der Waals surface area (Å²) in [5.41, 5.74) is 8.40. The Kier molecular flexibility index (Phi) is 4.33. The van der Waals surface area contributed by atoms with Crippen LogP contribution < -0.4 is 20.7 Å². The number of hydrogen-bond acceptors (Lipinski definition) is 4. The van der Waals surface area contributed by atoms with Crippen LogP contribution in [0.4, 0.5) is 17.1 Å². The van der Waals surface area contributed by atoms with Crippen LogP contribution in [0.3, 0.4) is 0 Å². The molecule has 0 spiro atoms. The number of benzene rings is 2. The molecule has 3 N–H and O–H groups in total. The summed E-state index contributed by atoms with van der Waals surface area (Å²) in [6.45, 7) is 0. The topological polar surface area (TPSA) is 67.6 Å². The third-order valence-corrected chi connectivity index (χ3v) is 3.10. The number of ether oxygens (including phenoxy) is 1. The van der Waals surface area contributed by atoms with Gasteiger partial charge in [-0.1, -0.05) is 6.07 Å². The van der Waals surface area contributed by atoms with Crippen molar-refractivity contribution in [3.8, 4) is 5.75 Å². The summed E-state index contributed by atoms with van der Waals surface area (Å²) >= 11 is 0. The number of nitrogens with two attached hydrogens (primary N) is 1. The van der Waals surface area contributed by atoms with Crippen LogP contribution in [0.5, 0.6) is 5.75 Å². The zero-order valence-corrected chi connectivity index (χ0v) is 12.4. The van der Waals surface area contributed by atoms with Gasteiger partial charge in [0.15, 0.2) is 0 Å². The van der Waals surface area contributed by atoms with Gasteiger partial charge in [0.2, 0.25) is 0 Å². The predicted octanol–water partition coefficient (Wildman–Crippen LogP) is 2.60. The highest BCUT2D eigenvalue weighted by Gasteiger charge is 2.11. The Morgan fingerprint density at radius 3 is 2.62 bits per heavy atom. The minimum absolute atomic E-state index is 0.206. The molecule has 0 unspecified atom stereocenters. The molecule has 1 amide bonds. The summed E-state index contributed by atoms with van der Waals surface area (Å²) < 4.78 is 5.22. The van der Waals surface area contributed by atoms with E-state index in [2.05, 4.69) is 5.32 Å². The van der Waals surface area contributed by atoms with E-state index in [0.29, 0.717) is 22.7 Å². The van der Waals surface area contributed by atoms with Crippen LogP contribution in [0.2, 0.25) is 0 Å². The molecule has 0 aromatic heterocycles. The molecule has 0 aliphatic rings. The molecule has 0 heterocycles. The van der Waals surface area contributed by atoms with Gasteiger partial charge in [0.1, 0.15) is 5.75 Å². The van der Waals surface area contributed by atoms with E-state index >= 15 is 0 Å². The van der Waals surface area contributed by atoms with E-state index in [1.54, 1.807) is 31.4 Å². The van der Waals surface area contributed by atoms with Gasteiger partial charge in [-0.05, 0) is 36.4 Å². The lowest BCUT2D eigenvalue weighted by Crippen LogP contribution is -2.14. The molecule has 2 rings (SSSR count). The molecular weight excluding hydrogens is 266 g/mol. The first-order valence-electron chi connectivity index (χ1n) is 6.53. The highest BCUT2D eigenvalue weighted by molar-refractivity contribution is 6.05. The molecular formula is C16H19N3O2. The molecule has 5 nitrogen and oxygen atoms in total. The second kappa shape index (κ2) is 6.17. The number of hydrogen-bond donors (Lipinski definition) is 2. The Balaban J connectivity index is 2.26. The van der Waals surface area contributed by atoms with Crippen molar-refractivity contribution >= 4 is 23.0 Å². The van der Waals surface area contributed by atoms with Crippen LogP contribution in [0.25, 0.3) is 0 Å². The lowest BCUT2D eigenvalue weighted by atomic mass is 10.1. The maximum Gasteiger partial charge on any atom is 0.255 e. The molecule has 0 saturated heterocycles. The summed E-state index contributed by atoms with van der Waals surface area (Å²) in [7, 11) is 5.41. The molecule has 0 atom stereocenters. The van der Waals surface area contributed by atoms with Gasteiger partial charge < -0.3 is 20.7 Å². The van der Waals surface area contributed by atoms with Crippen LogP contribution >= 0.6 is 0 Å². The minimum Gasteiger partial charge on any atom is -0.495 e. The number of nitrogens with one attached hydrogen (secondary N) is 1. The number of nitrogen functional groups attached to an aromatic ring is 1. The van der Waals surface area contributed by atoms with Crippen molar-refractivity contribution in [3.63, 3.8) is 0 Å². The smallest absolute Gasteiger partial charge is 0.255 e. The van der Waals surface area contributed by atoms with Gasteiger partial charge in [0, 0.05) is 31.0 Å². The van der Waals surface area contributed by atoms with Gasteiger partial charge in [-0.25, -0.2) is 0 Å². The van der Waals surface area contributed by atoms with E-state index in [9.17, 15) is 4.79 Å². The molecule has 5 heteroatoms. The number of anilines is 3. The average Bonchev–Trinajstić information content (AvgIpc) is 2.47. The van der Waals surface area contributed by atoms with Crippen molar-refractivity contribution in [1.29, 1.82) is 0 Å². The van der Waals surface area contributed by atoms with Crippen molar-refractivity contribution in [1.82, 2.24) is 0 Å². The molecule has 21 heavy (non-hydrogen) atoms. The summed E-state index contributed by atoms with van der Waals surface area (Å²) in [4.78, 5) is 14.3. The quantitative estimate of drug-likeness (QED) is 0.847. The SMILES string of the molecule is COc1ccc(N)cc1NC(=O)c1cccc(N(C)C)c1. The van der Waals surface area contributed by atoms with Gasteiger partial charge >= 0.3 is 0 Å². The molecule has 2 aromatic carbocycles. The van der Waals surface area contributed by atoms with Gasteiger partial charge in [-0.15, -0.1) is 0 Å². The van der Waals surface area contributed by atoms with Crippen LogP contribution in [0, 0.1) is 0 Å². The van der Waals surface area contributed by atoms with E-state index in [1.165, 1.54) is 0 Å². The average molecular weight is 285 g/mol. The Morgan fingerprint density at radius 1 is 1.19 bits per heavy atom. The molecule has 110 valence electrons. The number of amides is 1. The van der Waals surface area contributed by atoms with Crippen molar-refractivity contribution in [3.05, 3.63) is 48.0 Å². The third kappa shape index (κ3) is 3.45. The first-order valence-corrected chi connectivity index (χ1v) is 6.53. The van der Waals surface area contributed by atoms with Crippen LogP contribution in [0.1, 0.15) is 10.4 Å². The fourth-order valence-electron chi connectivity index (χ4n) is 1.94. The maximum absolute atomic E-state index is 12.3. The monoisotopic (exact) mass is 285 g/mol. The number of methoxy groups -OCH3 is 1. The van der Waals surface area contributed by atoms with E-state index < -0.39 is 0 Å². The molecule has 0 aliphatic carbocycles. The van der Waals surface area contributed by atoms with Gasteiger partial charge in [0.05, 0.1) is 12.8 Å². The van der Waals surface area contributed by atoms with Crippen molar-refractivity contribution in [2.24, 2.45) is 0 Å². The molecule has 0 fully saturated rings. The second-order valence-electron chi connectivity index (χ2n) is 4.86. The number of carbonyl (C=O) groups is 1. The van der Waals surface area contributed by atoms with E-state index in [0.717, 1.165) is 5.69 Å². The lowest BCUT2D eigenvalue weighted by Gasteiger charge is -2.14. The third-order valence-electron chi connectivity index (χ3n) is 3.10. The highest BCUT2D eigenvalue weighted by atomic mass is 16.5. The normalized spacial score (nSPS) is 10.0. The van der Waals surface area contributed by atoms with Crippen molar-refractivity contribution in [2.75, 3.05) is 37.2 Å². The van der Waals surface area contributed by atoms with E-state index in [1.807, 2.05) is 37.2 Å². The number of rotatable bonds is 4. The Hall–Kier alpha value is -2.69. The molecule has 0 radical (unpaired) electrons. The Morgan fingerprint density at radius 2 is 1.95 bits per heavy atom. The van der Waals surface area contributed by atoms with Gasteiger partial charge in [0.25, 0.3) is 5.91 Å². The summed E-state index contributed by atoms with van der Waals surface area (Å²) in [6, 6.07) is 12.5.